The Morgan fingerprint density at radius 1 is 1.24 bits per heavy atom. The van der Waals surface area contributed by atoms with Crippen molar-refractivity contribution in [2.75, 3.05) is 32.7 Å². The lowest BCUT2D eigenvalue weighted by molar-refractivity contribution is 0.175. The van der Waals surface area contributed by atoms with Gasteiger partial charge in [-0.2, -0.15) is 0 Å². The molecule has 1 N–H and O–H groups in total. The number of piperazine rings is 1. The van der Waals surface area contributed by atoms with Gasteiger partial charge in [-0.1, -0.05) is 35.3 Å². The molecule has 2 rings (SSSR count). The highest BCUT2D eigenvalue weighted by Gasteiger charge is 2.20. The van der Waals surface area contributed by atoms with Crippen LogP contribution in [0, 0.1) is 0 Å². The molecule has 0 saturated carbocycles. The van der Waals surface area contributed by atoms with E-state index in [0.29, 0.717) is 6.54 Å². The number of rotatable bonds is 4. The molecule has 1 aliphatic rings. The topological polar surface area (TPSA) is 18.5 Å². The van der Waals surface area contributed by atoms with E-state index in [1.54, 1.807) is 0 Å². The molecule has 0 bridgehead atoms. The molecule has 0 aromatic heterocycles. The first-order chi connectivity index (χ1) is 10.1. The number of thiocarbonyl (C=S) groups is 1. The fourth-order valence-corrected chi connectivity index (χ4v) is 3.07. The van der Waals surface area contributed by atoms with Crippen LogP contribution in [-0.4, -0.2) is 47.6 Å². The molecule has 1 aromatic carbocycles. The first-order valence-electron chi connectivity index (χ1n) is 6.90. The molecule has 1 heterocycles. The summed E-state index contributed by atoms with van der Waals surface area (Å²) < 4.78 is 0. The number of benzene rings is 1. The van der Waals surface area contributed by atoms with Gasteiger partial charge in [-0.25, -0.2) is 0 Å². The predicted molar refractivity (Wildman–Crippen MR) is 94.1 cm³/mol. The van der Waals surface area contributed by atoms with Crippen LogP contribution in [0.3, 0.4) is 0 Å². The van der Waals surface area contributed by atoms with Crippen molar-refractivity contribution in [3.63, 3.8) is 0 Å². The average Bonchev–Trinajstić information content (AvgIpc) is 2.49. The van der Waals surface area contributed by atoms with Gasteiger partial charge in [-0.05, 0) is 24.4 Å². The molecule has 0 radical (unpaired) electrons. The lowest BCUT2D eigenvalue weighted by atomic mass is 10.2. The predicted octanol–water partition coefficient (Wildman–Crippen LogP) is 3.17. The largest absolute Gasteiger partial charge is 0.359 e. The van der Waals surface area contributed by atoms with E-state index in [1.807, 2.05) is 24.3 Å². The van der Waals surface area contributed by atoms with Gasteiger partial charge in [0.15, 0.2) is 5.11 Å². The Morgan fingerprint density at radius 3 is 2.43 bits per heavy atom. The maximum absolute atomic E-state index is 6.22. The van der Waals surface area contributed by atoms with E-state index < -0.39 is 0 Å². The fourth-order valence-electron chi connectivity index (χ4n) is 2.29. The van der Waals surface area contributed by atoms with Gasteiger partial charge in [0.05, 0.1) is 0 Å². The Hall–Kier alpha value is -0.810. The maximum Gasteiger partial charge on any atom is 0.169 e. The lowest BCUT2D eigenvalue weighted by Gasteiger charge is -2.36. The van der Waals surface area contributed by atoms with Crippen molar-refractivity contribution in [2.45, 2.75) is 6.54 Å². The molecule has 0 spiro atoms. The van der Waals surface area contributed by atoms with Gasteiger partial charge in [0.2, 0.25) is 0 Å². The van der Waals surface area contributed by atoms with E-state index in [4.69, 9.17) is 35.4 Å². The molecule has 0 amide bonds. The summed E-state index contributed by atoms with van der Waals surface area (Å²) >= 11 is 17.8. The smallest absolute Gasteiger partial charge is 0.169 e. The Bertz CT molecular complexity index is 493. The normalized spacial score (nSPS) is 15.8. The Labute approximate surface area is 141 Å². The molecule has 1 aliphatic heterocycles. The molecular formula is C15H19Cl2N3S. The highest BCUT2D eigenvalue weighted by Crippen LogP contribution is 2.26. The monoisotopic (exact) mass is 343 g/mol. The van der Waals surface area contributed by atoms with E-state index in [1.165, 1.54) is 0 Å². The van der Waals surface area contributed by atoms with Gasteiger partial charge < -0.3 is 10.2 Å². The molecule has 21 heavy (non-hydrogen) atoms. The molecule has 3 nitrogen and oxygen atoms in total. The van der Waals surface area contributed by atoms with Crippen molar-refractivity contribution in [2.24, 2.45) is 0 Å². The third kappa shape index (κ3) is 4.58. The molecule has 0 aliphatic carbocycles. The second kappa shape index (κ2) is 7.99. The van der Waals surface area contributed by atoms with Gasteiger partial charge in [-0.3, -0.25) is 4.90 Å². The number of halogens is 2. The summed E-state index contributed by atoms with van der Waals surface area (Å²) in [5.41, 5.74) is 1.00. The number of nitrogens with zero attached hydrogens (tertiary/aromatic N) is 2. The quantitative estimate of drug-likeness (QED) is 0.668. The minimum Gasteiger partial charge on any atom is -0.359 e. The summed E-state index contributed by atoms with van der Waals surface area (Å²) in [5, 5.41) is 5.42. The first-order valence-corrected chi connectivity index (χ1v) is 8.07. The first kappa shape index (κ1) is 16.6. The van der Waals surface area contributed by atoms with E-state index in [0.717, 1.165) is 53.4 Å². The maximum atomic E-state index is 6.22. The van der Waals surface area contributed by atoms with E-state index in [2.05, 4.69) is 21.7 Å². The van der Waals surface area contributed by atoms with Crippen LogP contribution in [0.15, 0.2) is 30.9 Å². The van der Waals surface area contributed by atoms with Crippen LogP contribution in [0.1, 0.15) is 5.56 Å². The summed E-state index contributed by atoms with van der Waals surface area (Å²) in [7, 11) is 0. The zero-order chi connectivity index (χ0) is 15.2. The molecule has 1 aromatic rings. The summed E-state index contributed by atoms with van der Waals surface area (Å²) in [6.07, 6.45) is 1.81. The molecule has 6 heteroatoms. The summed E-state index contributed by atoms with van der Waals surface area (Å²) in [5.74, 6) is 0. The van der Waals surface area contributed by atoms with Crippen molar-refractivity contribution < 1.29 is 0 Å². The SMILES string of the molecule is C=CCNC(=S)N1CCN(Cc2c(Cl)cccc2Cl)CC1. The zero-order valence-corrected chi connectivity index (χ0v) is 14.1. The molecule has 114 valence electrons. The number of hydrogen-bond acceptors (Lipinski definition) is 2. The van der Waals surface area contributed by atoms with Crippen LogP contribution in [-0.2, 0) is 6.54 Å². The van der Waals surface area contributed by atoms with Crippen molar-refractivity contribution in [1.82, 2.24) is 15.1 Å². The summed E-state index contributed by atoms with van der Waals surface area (Å²) in [6, 6.07) is 5.64. The van der Waals surface area contributed by atoms with Gasteiger partial charge in [0.1, 0.15) is 0 Å². The van der Waals surface area contributed by atoms with Crippen molar-refractivity contribution in [3.8, 4) is 0 Å². The number of hydrogen-bond donors (Lipinski definition) is 1. The van der Waals surface area contributed by atoms with Crippen LogP contribution >= 0.6 is 35.4 Å². The van der Waals surface area contributed by atoms with Crippen LogP contribution < -0.4 is 5.32 Å². The second-order valence-corrected chi connectivity index (χ2v) is 6.14. The van der Waals surface area contributed by atoms with Gasteiger partial charge >= 0.3 is 0 Å². The van der Waals surface area contributed by atoms with Gasteiger partial charge in [0.25, 0.3) is 0 Å². The molecule has 1 fully saturated rings. The summed E-state index contributed by atoms with van der Waals surface area (Å²) in [4.78, 5) is 4.53. The Kier molecular flexibility index (Phi) is 6.30. The van der Waals surface area contributed by atoms with Crippen molar-refractivity contribution in [1.29, 1.82) is 0 Å². The third-order valence-corrected chi connectivity index (χ3v) is 4.61. The Morgan fingerprint density at radius 2 is 1.86 bits per heavy atom. The summed E-state index contributed by atoms with van der Waals surface area (Å²) in [6.45, 7) is 8.86. The highest BCUT2D eigenvalue weighted by molar-refractivity contribution is 7.80. The zero-order valence-electron chi connectivity index (χ0n) is 11.8. The van der Waals surface area contributed by atoms with Gasteiger partial charge in [-0.15, -0.1) is 6.58 Å². The molecule has 1 saturated heterocycles. The lowest BCUT2D eigenvalue weighted by Crippen LogP contribution is -2.51. The minimum atomic E-state index is 0.703. The van der Waals surface area contributed by atoms with Crippen LogP contribution in [0.2, 0.25) is 10.0 Å². The standard InChI is InChI=1S/C15H19Cl2N3S/c1-2-6-18-15(21)20-9-7-19(8-10-20)11-12-13(16)4-3-5-14(12)17/h2-5H,1,6-11H2,(H,18,21). The second-order valence-electron chi connectivity index (χ2n) is 4.94. The minimum absolute atomic E-state index is 0.703. The average molecular weight is 344 g/mol. The van der Waals surface area contributed by atoms with E-state index >= 15 is 0 Å². The fraction of sp³-hybridized carbons (Fsp3) is 0.400. The third-order valence-electron chi connectivity index (χ3n) is 3.50. The molecular weight excluding hydrogens is 325 g/mol. The molecule has 0 unspecified atom stereocenters. The van der Waals surface area contributed by atoms with Gasteiger partial charge in [0, 0.05) is 54.9 Å². The van der Waals surface area contributed by atoms with Crippen LogP contribution in [0.5, 0.6) is 0 Å². The van der Waals surface area contributed by atoms with Crippen molar-refractivity contribution in [3.05, 3.63) is 46.5 Å². The molecule has 0 atom stereocenters. The van der Waals surface area contributed by atoms with E-state index in [9.17, 15) is 0 Å². The number of nitrogens with one attached hydrogen (secondary N) is 1. The van der Waals surface area contributed by atoms with Crippen LogP contribution in [0.25, 0.3) is 0 Å². The van der Waals surface area contributed by atoms with E-state index in [-0.39, 0.29) is 0 Å². The highest BCUT2D eigenvalue weighted by atomic mass is 35.5. The van der Waals surface area contributed by atoms with Crippen molar-refractivity contribution >= 4 is 40.5 Å². The Balaban J connectivity index is 1.87. The van der Waals surface area contributed by atoms with Crippen LogP contribution in [0.4, 0.5) is 0 Å².